The van der Waals surface area contributed by atoms with Gasteiger partial charge in [-0.2, -0.15) is 0 Å². The van der Waals surface area contributed by atoms with Crippen molar-refractivity contribution < 1.29 is 4.79 Å². The minimum absolute atomic E-state index is 0.0203. The van der Waals surface area contributed by atoms with E-state index in [1.165, 1.54) is 19.3 Å². The molecule has 1 fully saturated rings. The first-order valence-electron chi connectivity index (χ1n) is 5.10. The monoisotopic (exact) mass is 168 g/mol. The number of carbonyl (C=O) groups is 1. The van der Waals surface area contributed by atoms with Crippen LogP contribution in [0.1, 0.15) is 52.9 Å². The molecular weight excluding hydrogens is 148 g/mol. The summed E-state index contributed by atoms with van der Waals surface area (Å²) in [4.78, 5) is 11.8. The maximum Gasteiger partial charge on any atom is 0.141 e. The van der Waals surface area contributed by atoms with Crippen LogP contribution in [0, 0.1) is 11.3 Å². The predicted octanol–water partition coefficient (Wildman–Crippen LogP) is 3.18. The zero-order valence-corrected chi connectivity index (χ0v) is 8.52. The van der Waals surface area contributed by atoms with E-state index < -0.39 is 0 Å². The number of hydrogen-bond donors (Lipinski definition) is 0. The number of ketones is 1. The van der Waals surface area contributed by atoms with E-state index in [4.69, 9.17) is 0 Å². The molecule has 0 radical (unpaired) electrons. The van der Waals surface area contributed by atoms with E-state index in [2.05, 4.69) is 6.92 Å². The van der Waals surface area contributed by atoms with Crippen LogP contribution in [0.3, 0.4) is 0 Å². The van der Waals surface area contributed by atoms with E-state index in [1.807, 2.05) is 13.8 Å². The van der Waals surface area contributed by atoms with Gasteiger partial charge in [0.1, 0.15) is 5.78 Å². The lowest BCUT2D eigenvalue weighted by Gasteiger charge is -2.33. The molecule has 12 heavy (non-hydrogen) atoms. The zero-order chi connectivity index (χ0) is 9.19. The Morgan fingerprint density at radius 3 is 2.08 bits per heavy atom. The Hall–Kier alpha value is -0.330. The van der Waals surface area contributed by atoms with E-state index in [0.717, 1.165) is 12.8 Å². The molecule has 0 atom stereocenters. The molecule has 1 heteroatoms. The van der Waals surface area contributed by atoms with E-state index >= 15 is 0 Å². The van der Waals surface area contributed by atoms with Crippen LogP contribution in [0.15, 0.2) is 0 Å². The first-order chi connectivity index (χ1) is 5.56. The lowest BCUT2D eigenvalue weighted by atomic mass is 9.70. The summed E-state index contributed by atoms with van der Waals surface area (Å²) in [5.74, 6) is 0.690. The number of carbonyl (C=O) groups excluding carboxylic acids is 1. The van der Waals surface area contributed by atoms with Crippen molar-refractivity contribution in [3.05, 3.63) is 0 Å². The second-order valence-corrected chi connectivity index (χ2v) is 4.64. The Balaban J connectivity index is 2.62. The topological polar surface area (TPSA) is 17.1 Å². The SMILES string of the molecule is CC(C)C(=O)C1(C)CCCCC1. The fourth-order valence-corrected chi connectivity index (χ4v) is 2.28. The van der Waals surface area contributed by atoms with Crippen molar-refractivity contribution in [2.24, 2.45) is 11.3 Å². The van der Waals surface area contributed by atoms with E-state index in [1.54, 1.807) is 0 Å². The third-order valence-electron chi connectivity index (χ3n) is 3.08. The normalized spacial score (nSPS) is 22.7. The average Bonchev–Trinajstić information content (AvgIpc) is 2.04. The molecule has 0 amide bonds. The molecule has 0 aromatic rings. The van der Waals surface area contributed by atoms with Crippen LogP contribution in [0.5, 0.6) is 0 Å². The van der Waals surface area contributed by atoms with Gasteiger partial charge >= 0.3 is 0 Å². The molecule has 1 nitrogen and oxygen atoms in total. The van der Waals surface area contributed by atoms with Gasteiger partial charge in [0.2, 0.25) is 0 Å². The highest BCUT2D eigenvalue weighted by atomic mass is 16.1. The van der Waals surface area contributed by atoms with Crippen molar-refractivity contribution in [2.45, 2.75) is 52.9 Å². The first-order valence-corrected chi connectivity index (χ1v) is 5.10. The summed E-state index contributed by atoms with van der Waals surface area (Å²) in [5, 5.41) is 0. The van der Waals surface area contributed by atoms with Crippen molar-refractivity contribution in [3.63, 3.8) is 0 Å². The predicted molar refractivity (Wildman–Crippen MR) is 51.0 cm³/mol. The fourth-order valence-electron chi connectivity index (χ4n) is 2.28. The van der Waals surface area contributed by atoms with Crippen molar-refractivity contribution >= 4 is 5.78 Å². The maximum atomic E-state index is 11.8. The van der Waals surface area contributed by atoms with Gasteiger partial charge in [-0.05, 0) is 12.8 Å². The minimum atomic E-state index is 0.0203. The zero-order valence-electron chi connectivity index (χ0n) is 8.52. The number of Topliss-reactive ketones (excluding diaryl/α,β-unsaturated/α-hetero) is 1. The summed E-state index contributed by atoms with van der Waals surface area (Å²) >= 11 is 0. The molecule has 0 spiro atoms. The third-order valence-corrected chi connectivity index (χ3v) is 3.08. The standard InChI is InChI=1S/C11H20O/c1-9(2)10(12)11(3)7-5-4-6-8-11/h9H,4-8H2,1-3H3. The molecule has 0 unspecified atom stereocenters. The van der Waals surface area contributed by atoms with Crippen molar-refractivity contribution in [3.8, 4) is 0 Å². The fraction of sp³-hybridized carbons (Fsp3) is 0.909. The molecule has 0 heterocycles. The summed E-state index contributed by atoms with van der Waals surface area (Å²) < 4.78 is 0. The van der Waals surface area contributed by atoms with Crippen LogP contribution >= 0.6 is 0 Å². The number of rotatable bonds is 2. The van der Waals surface area contributed by atoms with Gasteiger partial charge in [-0.15, -0.1) is 0 Å². The molecule has 1 aliphatic rings. The van der Waals surface area contributed by atoms with Gasteiger partial charge in [0.25, 0.3) is 0 Å². The Morgan fingerprint density at radius 1 is 1.17 bits per heavy atom. The average molecular weight is 168 g/mol. The Bertz CT molecular complexity index is 164. The van der Waals surface area contributed by atoms with Crippen LogP contribution < -0.4 is 0 Å². The van der Waals surface area contributed by atoms with Gasteiger partial charge in [-0.25, -0.2) is 0 Å². The summed E-state index contributed by atoms with van der Waals surface area (Å²) in [7, 11) is 0. The molecule has 0 aliphatic heterocycles. The second kappa shape index (κ2) is 3.59. The highest BCUT2D eigenvalue weighted by molar-refractivity contribution is 5.86. The van der Waals surface area contributed by atoms with Crippen LogP contribution in [0.25, 0.3) is 0 Å². The summed E-state index contributed by atoms with van der Waals surface area (Å²) in [6.07, 6.45) is 6.04. The van der Waals surface area contributed by atoms with Crippen LogP contribution in [-0.2, 0) is 4.79 Å². The Kier molecular flexibility index (Phi) is 2.92. The highest BCUT2D eigenvalue weighted by Crippen LogP contribution is 2.38. The van der Waals surface area contributed by atoms with Gasteiger partial charge in [-0.3, -0.25) is 4.79 Å². The Morgan fingerprint density at radius 2 is 1.67 bits per heavy atom. The van der Waals surface area contributed by atoms with Crippen molar-refractivity contribution in [1.82, 2.24) is 0 Å². The van der Waals surface area contributed by atoms with Gasteiger partial charge < -0.3 is 0 Å². The van der Waals surface area contributed by atoms with E-state index in [-0.39, 0.29) is 11.3 Å². The third kappa shape index (κ3) is 1.88. The summed E-state index contributed by atoms with van der Waals surface area (Å²) in [6.45, 7) is 6.18. The van der Waals surface area contributed by atoms with Gasteiger partial charge in [0, 0.05) is 11.3 Å². The van der Waals surface area contributed by atoms with Gasteiger partial charge in [0.05, 0.1) is 0 Å². The highest BCUT2D eigenvalue weighted by Gasteiger charge is 2.35. The molecule has 0 N–H and O–H groups in total. The molecular formula is C11H20O. The van der Waals surface area contributed by atoms with E-state index in [0.29, 0.717) is 5.78 Å². The van der Waals surface area contributed by atoms with Crippen molar-refractivity contribution in [2.75, 3.05) is 0 Å². The molecule has 1 aliphatic carbocycles. The maximum absolute atomic E-state index is 11.8. The van der Waals surface area contributed by atoms with Gasteiger partial charge in [-0.1, -0.05) is 40.0 Å². The molecule has 70 valence electrons. The lowest BCUT2D eigenvalue weighted by Crippen LogP contribution is -2.33. The number of hydrogen-bond acceptors (Lipinski definition) is 1. The molecule has 1 rings (SSSR count). The van der Waals surface area contributed by atoms with Crippen molar-refractivity contribution in [1.29, 1.82) is 0 Å². The molecule has 0 saturated heterocycles. The van der Waals surface area contributed by atoms with Crippen LogP contribution in [0.2, 0.25) is 0 Å². The lowest BCUT2D eigenvalue weighted by molar-refractivity contribution is -0.132. The largest absolute Gasteiger partial charge is 0.299 e. The molecule has 0 aromatic carbocycles. The first kappa shape index (κ1) is 9.76. The van der Waals surface area contributed by atoms with Crippen LogP contribution in [-0.4, -0.2) is 5.78 Å². The van der Waals surface area contributed by atoms with Crippen LogP contribution in [0.4, 0.5) is 0 Å². The molecule has 1 saturated carbocycles. The summed E-state index contributed by atoms with van der Waals surface area (Å²) in [6, 6.07) is 0. The minimum Gasteiger partial charge on any atom is -0.299 e. The summed E-state index contributed by atoms with van der Waals surface area (Å²) in [5.41, 5.74) is 0.0203. The quantitative estimate of drug-likeness (QED) is 0.619. The van der Waals surface area contributed by atoms with E-state index in [9.17, 15) is 4.79 Å². The second-order valence-electron chi connectivity index (χ2n) is 4.64. The molecule has 0 bridgehead atoms. The Labute approximate surface area is 75.5 Å². The smallest absolute Gasteiger partial charge is 0.141 e. The van der Waals surface area contributed by atoms with Gasteiger partial charge in [0.15, 0.2) is 0 Å². The molecule has 0 aromatic heterocycles.